The van der Waals surface area contributed by atoms with Crippen LogP contribution in [-0.2, 0) is 5.41 Å². The van der Waals surface area contributed by atoms with E-state index in [4.69, 9.17) is 0 Å². The van der Waals surface area contributed by atoms with E-state index in [1.165, 1.54) is 75.3 Å². The smallest absolute Gasteiger partial charge is 0.0361 e. The molecule has 0 spiro atoms. The van der Waals surface area contributed by atoms with Crippen LogP contribution in [0.25, 0.3) is 58.4 Å². The summed E-state index contributed by atoms with van der Waals surface area (Å²) in [7, 11) is 0. The second-order valence-electron chi connectivity index (χ2n) is 14.1. The molecule has 0 radical (unpaired) electrons. The van der Waals surface area contributed by atoms with Gasteiger partial charge >= 0.3 is 0 Å². The summed E-state index contributed by atoms with van der Waals surface area (Å²) in [5, 5.41) is 7.73. The van der Waals surface area contributed by atoms with Crippen molar-refractivity contribution in [1.29, 1.82) is 0 Å². The average molecular weight is 691 g/mol. The quantitative estimate of drug-likeness (QED) is 0.146. The maximum Gasteiger partial charge on any atom is 0.0361 e. The number of allylic oxidation sites excluding steroid dienone is 12. The zero-order valence-corrected chi connectivity index (χ0v) is 31.8. The summed E-state index contributed by atoms with van der Waals surface area (Å²) < 4.78 is 2.71. The molecule has 256 valence electrons. The average Bonchev–Trinajstić information content (AvgIpc) is 3.62. The van der Waals surface area contributed by atoms with Gasteiger partial charge in [-0.2, -0.15) is 0 Å². The van der Waals surface area contributed by atoms with Crippen molar-refractivity contribution in [2.24, 2.45) is 0 Å². The fraction of sp³-hybridized carbons (Fsp3) is 0.137. The van der Waals surface area contributed by atoms with E-state index in [0.717, 1.165) is 22.9 Å². The number of thiophene rings is 1. The second kappa shape index (κ2) is 14.6. The summed E-state index contributed by atoms with van der Waals surface area (Å²) in [5.74, 6) is 0. The van der Waals surface area contributed by atoms with Gasteiger partial charge in [0.1, 0.15) is 0 Å². The third kappa shape index (κ3) is 6.31. The third-order valence-corrected chi connectivity index (χ3v) is 11.7. The highest BCUT2D eigenvalue weighted by Gasteiger charge is 2.39. The summed E-state index contributed by atoms with van der Waals surface area (Å²) in [6.07, 6.45) is 16.0. The highest BCUT2D eigenvalue weighted by molar-refractivity contribution is 7.25. The molecule has 7 rings (SSSR count). The molecule has 6 aromatic rings. The molecule has 0 saturated heterocycles. The lowest BCUT2D eigenvalue weighted by atomic mass is 9.80. The maximum absolute atomic E-state index is 4.40. The lowest BCUT2D eigenvalue weighted by molar-refractivity contribution is 0.665. The van der Waals surface area contributed by atoms with Crippen molar-refractivity contribution in [3.05, 3.63) is 198 Å². The topological polar surface area (TPSA) is 0 Å². The number of hydrogen-bond donors (Lipinski definition) is 0. The van der Waals surface area contributed by atoms with Crippen molar-refractivity contribution in [1.82, 2.24) is 0 Å². The monoisotopic (exact) mass is 690 g/mol. The molecule has 1 aromatic heterocycles. The van der Waals surface area contributed by atoms with Crippen LogP contribution in [0, 0.1) is 0 Å². The zero-order valence-electron chi connectivity index (χ0n) is 31.0. The lowest BCUT2D eigenvalue weighted by Crippen LogP contribution is -2.15. The van der Waals surface area contributed by atoms with Crippen molar-refractivity contribution in [3.63, 3.8) is 0 Å². The minimum atomic E-state index is -0.108. The molecule has 1 aliphatic rings. The number of benzene rings is 4. The fourth-order valence-corrected chi connectivity index (χ4v) is 9.22. The minimum Gasteiger partial charge on any atom is -0.135 e. The molecule has 0 nitrogen and oxygen atoms in total. The number of hydrogen-bond acceptors (Lipinski definition) is 1. The predicted molar refractivity (Wildman–Crippen MR) is 234 cm³/mol. The van der Waals surface area contributed by atoms with Gasteiger partial charge in [-0.25, -0.2) is 0 Å². The Morgan fingerprint density at radius 3 is 2.12 bits per heavy atom. The van der Waals surface area contributed by atoms with Crippen LogP contribution >= 0.6 is 11.3 Å². The van der Waals surface area contributed by atoms with Crippen molar-refractivity contribution >= 4 is 69.8 Å². The summed E-state index contributed by atoms with van der Waals surface area (Å²) in [6.45, 7) is 19.6. The maximum atomic E-state index is 4.40. The molecule has 0 saturated carbocycles. The molecule has 52 heavy (non-hydrogen) atoms. The van der Waals surface area contributed by atoms with Gasteiger partial charge < -0.3 is 0 Å². The molecule has 0 atom stereocenters. The highest BCUT2D eigenvalue weighted by atomic mass is 32.1. The van der Waals surface area contributed by atoms with Gasteiger partial charge in [-0.3, -0.25) is 0 Å². The second-order valence-corrected chi connectivity index (χ2v) is 15.2. The van der Waals surface area contributed by atoms with Crippen molar-refractivity contribution < 1.29 is 0 Å². The van der Waals surface area contributed by atoms with E-state index < -0.39 is 0 Å². The predicted octanol–water partition coefficient (Wildman–Crippen LogP) is 15.3. The van der Waals surface area contributed by atoms with Gasteiger partial charge in [0.2, 0.25) is 0 Å². The van der Waals surface area contributed by atoms with Gasteiger partial charge in [0, 0.05) is 25.6 Å². The third-order valence-electron chi connectivity index (χ3n) is 10.6. The molecule has 0 amide bonds. The van der Waals surface area contributed by atoms with Crippen LogP contribution in [0.2, 0.25) is 0 Å². The first-order valence-electron chi connectivity index (χ1n) is 18.2. The first-order valence-corrected chi connectivity index (χ1v) is 19.0. The van der Waals surface area contributed by atoms with Crippen molar-refractivity contribution in [3.8, 4) is 0 Å². The van der Waals surface area contributed by atoms with E-state index in [9.17, 15) is 0 Å². The van der Waals surface area contributed by atoms with Crippen LogP contribution in [0.4, 0.5) is 0 Å². The Bertz CT molecular complexity index is 2620. The summed E-state index contributed by atoms with van der Waals surface area (Å²) in [4.78, 5) is 0. The molecule has 0 bridgehead atoms. The standard InChI is InChI=1S/C51H46S/c1-8-11-20-34(4)38-21-14-12-13-15-22-39(41-24-17-16-23-40(38)41)35(5)31-36(9-2)27-29-42-44-30-28-37-32-46-43-25-18-19-26-48(43)52-49(46)33-45(37)50(44)51(6,7)47(42)10-3/h8-26,28-33H,1,4,27H2,2-3,5-7H3/b13-12?,14-12?,15-13?,20-11-,21-14?,22-15?,35-31+,36-9-,38-21?,39-22?,40-38?,41-39?,42-29-,47-10+. The Hall–Kier alpha value is -5.50. The first kappa shape index (κ1) is 34.9. The molecular weight excluding hydrogens is 645 g/mol. The van der Waals surface area contributed by atoms with Crippen molar-refractivity contribution in [2.75, 3.05) is 0 Å². The summed E-state index contributed by atoms with van der Waals surface area (Å²) >= 11 is 1.90. The normalized spacial score (nSPS) is 16.0. The van der Waals surface area contributed by atoms with Gasteiger partial charge in [-0.15, -0.1) is 11.3 Å². The Morgan fingerprint density at radius 1 is 0.731 bits per heavy atom. The Balaban J connectivity index is 1.31. The molecule has 5 aromatic carbocycles. The van der Waals surface area contributed by atoms with Crippen LogP contribution in [0.3, 0.4) is 0 Å². The van der Waals surface area contributed by atoms with Gasteiger partial charge in [-0.05, 0) is 117 Å². The first-order chi connectivity index (χ1) is 25.3. The van der Waals surface area contributed by atoms with Crippen LogP contribution in [0.5, 0.6) is 0 Å². The molecule has 1 heterocycles. The van der Waals surface area contributed by atoms with Gasteiger partial charge in [-0.1, -0.05) is 161 Å². The van der Waals surface area contributed by atoms with Crippen LogP contribution in [0.15, 0.2) is 176 Å². The molecule has 1 aliphatic carbocycles. The Kier molecular flexibility index (Phi) is 9.82. The van der Waals surface area contributed by atoms with E-state index in [2.05, 4.69) is 181 Å². The molecule has 0 N–H and O–H groups in total. The van der Waals surface area contributed by atoms with E-state index >= 15 is 0 Å². The van der Waals surface area contributed by atoms with Gasteiger partial charge in [0.25, 0.3) is 0 Å². The van der Waals surface area contributed by atoms with E-state index in [1.807, 2.05) is 23.5 Å². The van der Waals surface area contributed by atoms with E-state index in [1.54, 1.807) is 6.08 Å². The SMILES string of the molecule is C=C/C=C\C(=C)c1ccccccc(/C(C)=C/C(=C\C)C/C=C2\C(=C/C)C(C)(C)c3c2ccc2cc4c(cc32)sc2ccccc24)c2ccccc12. The molecule has 1 heteroatoms. The van der Waals surface area contributed by atoms with Crippen LogP contribution < -0.4 is 0 Å². The van der Waals surface area contributed by atoms with E-state index in [0.29, 0.717) is 0 Å². The summed E-state index contributed by atoms with van der Waals surface area (Å²) in [6, 6.07) is 39.8. The minimum absolute atomic E-state index is 0.108. The Morgan fingerprint density at radius 2 is 1.40 bits per heavy atom. The summed E-state index contributed by atoms with van der Waals surface area (Å²) in [5.41, 5.74) is 11.2. The van der Waals surface area contributed by atoms with Gasteiger partial charge in [0.05, 0.1) is 0 Å². The van der Waals surface area contributed by atoms with Crippen LogP contribution in [-0.4, -0.2) is 0 Å². The lowest BCUT2D eigenvalue weighted by Gasteiger charge is -2.23. The van der Waals surface area contributed by atoms with Crippen LogP contribution in [0.1, 0.15) is 63.3 Å². The molecule has 0 fully saturated rings. The van der Waals surface area contributed by atoms with Gasteiger partial charge in [0.15, 0.2) is 0 Å². The van der Waals surface area contributed by atoms with Crippen molar-refractivity contribution in [2.45, 2.75) is 46.5 Å². The largest absolute Gasteiger partial charge is 0.135 e. The Labute approximate surface area is 313 Å². The number of rotatable bonds is 7. The molecule has 0 aliphatic heterocycles. The number of fused-ring (bicyclic) bond motifs is 7. The highest BCUT2D eigenvalue weighted by Crippen LogP contribution is 2.53. The fourth-order valence-electron chi connectivity index (χ4n) is 8.09. The van der Waals surface area contributed by atoms with E-state index in [-0.39, 0.29) is 5.41 Å². The molecule has 0 unspecified atom stereocenters. The molecular formula is C51H46S. The zero-order chi connectivity index (χ0) is 36.4.